The van der Waals surface area contributed by atoms with Gasteiger partial charge in [0.1, 0.15) is 28.2 Å². The van der Waals surface area contributed by atoms with E-state index in [4.69, 9.17) is 11.6 Å². The highest BCUT2D eigenvalue weighted by atomic mass is 35.5. The van der Waals surface area contributed by atoms with Crippen LogP contribution < -0.4 is 21.3 Å². The normalized spacial score (nSPS) is 12.1. The van der Waals surface area contributed by atoms with Gasteiger partial charge in [0.05, 0.1) is 22.0 Å². The minimum Gasteiger partial charge on any atom is -0.368 e. The first kappa shape index (κ1) is 43.1. The van der Waals surface area contributed by atoms with Crippen LogP contribution in [-0.4, -0.2) is 87.3 Å². The number of rotatable bonds is 18. The molecule has 2 aromatic heterocycles. The van der Waals surface area contributed by atoms with Gasteiger partial charge in [-0.3, -0.25) is 9.11 Å². The van der Waals surface area contributed by atoms with Gasteiger partial charge in [0.25, 0.3) is 20.2 Å². The Morgan fingerprint density at radius 2 is 1.36 bits per heavy atom. The number of benzene rings is 2. The van der Waals surface area contributed by atoms with Crippen LogP contribution >= 0.6 is 11.6 Å². The minimum atomic E-state index is -4.93. The van der Waals surface area contributed by atoms with Crippen molar-refractivity contribution in [2.45, 2.75) is 16.7 Å². The van der Waals surface area contributed by atoms with Crippen molar-refractivity contribution in [3.8, 4) is 6.07 Å². The maximum atomic E-state index is 12.4. The number of hydrogen-bond acceptors (Lipinski definition) is 19. The van der Waals surface area contributed by atoms with Crippen molar-refractivity contribution < 1.29 is 42.8 Å². The molecule has 0 aliphatic carbocycles. The first-order chi connectivity index (χ1) is 26.1. The van der Waals surface area contributed by atoms with E-state index in [1.807, 2.05) is 6.07 Å². The molecule has 26 heteroatoms. The zero-order valence-corrected chi connectivity index (χ0v) is 32.8. The Kier molecular flexibility index (Phi) is 13.4. The number of hydrogen-bond donors (Lipinski definition) is 6. The van der Waals surface area contributed by atoms with E-state index >= 15 is 0 Å². The highest BCUT2D eigenvalue weighted by molar-refractivity contribution is 7.94. The van der Waals surface area contributed by atoms with Crippen LogP contribution in [0.3, 0.4) is 0 Å². The monoisotopic (exact) mass is 867 g/mol. The zero-order valence-electron chi connectivity index (χ0n) is 28.7. The summed E-state index contributed by atoms with van der Waals surface area (Å²) in [5, 5.41) is 30.3. The van der Waals surface area contributed by atoms with E-state index < -0.39 is 66.9 Å². The molecule has 0 spiro atoms. The third-order valence-corrected chi connectivity index (χ3v) is 11.6. The van der Waals surface area contributed by atoms with Gasteiger partial charge >= 0.3 is 0 Å². The summed E-state index contributed by atoms with van der Waals surface area (Å²) in [4.78, 5) is 15.2. The number of pyridine rings is 1. The SMILES string of the molecule is C=CS(=O)(=O)CCNc1nc(NCCS(=O)(=O)C=C)c(N=Nc2cc(Nc3nc(Cl)nc(Nc4cccc(S(=O)(=O)O)c4)n3)ccc2S(=O)(=O)O)c(C)c1C#N. The summed E-state index contributed by atoms with van der Waals surface area (Å²) in [7, 11) is -16.8. The van der Waals surface area contributed by atoms with E-state index in [9.17, 15) is 48.0 Å². The van der Waals surface area contributed by atoms with E-state index in [0.29, 0.717) is 0 Å². The molecule has 0 aliphatic heterocycles. The van der Waals surface area contributed by atoms with Gasteiger partial charge in [0, 0.05) is 40.8 Å². The highest BCUT2D eigenvalue weighted by Crippen LogP contribution is 2.37. The van der Waals surface area contributed by atoms with Crippen LogP contribution in [0.4, 0.5) is 46.3 Å². The number of nitrogens with one attached hydrogen (secondary N) is 4. The number of halogens is 1. The van der Waals surface area contributed by atoms with Gasteiger partial charge in [-0.2, -0.15) is 37.0 Å². The summed E-state index contributed by atoms with van der Waals surface area (Å²) in [6.07, 6.45) is 0. The summed E-state index contributed by atoms with van der Waals surface area (Å²) < 4.78 is 115. The molecule has 0 unspecified atom stereocenters. The second-order valence-corrected chi connectivity index (χ2v) is 18.3. The summed E-state index contributed by atoms with van der Waals surface area (Å²) in [5.41, 5.74) is -0.377. The predicted octanol–water partition coefficient (Wildman–Crippen LogP) is 4.44. The number of sulfone groups is 2. The van der Waals surface area contributed by atoms with Gasteiger partial charge in [0.2, 0.25) is 17.2 Å². The average molecular weight is 868 g/mol. The Hall–Kier alpha value is -5.62. The lowest BCUT2D eigenvalue weighted by Crippen LogP contribution is -2.17. The lowest BCUT2D eigenvalue weighted by molar-refractivity contribution is 0.481. The quantitative estimate of drug-likeness (QED) is 0.0594. The summed E-state index contributed by atoms with van der Waals surface area (Å²) >= 11 is 6.08. The molecular weight excluding hydrogens is 838 g/mol. The molecule has 0 saturated heterocycles. The van der Waals surface area contributed by atoms with Gasteiger partial charge in [-0.05, 0) is 54.9 Å². The van der Waals surface area contributed by atoms with E-state index in [1.54, 1.807) is 0 Å². The molecule has 21 nitrogen and oxygen atoms in total. The summed E-state index contributed by atoms with van der Waals surface area (Å²) in [6, 6.07) is 10.3. The molecule has 4 rings (SSSR count). The fraction of sp³-hybridized carbons (Fsp3) is 0.167. The maximum absolute atomic E-state index is 12.4. The molecule has 0 aliphatic rings. The van der Waals surface area contributed by atoms with Gasteiger partial charge in [0.15, 0.2) is 25.5 Å². The first-order valence-corrected chi connectivity index (χ1v) is 22.0. The molecule has 56 heavy (non-hydrogen) atoms. The van der Waals surface area contributed by atoms with Gasteiger partial charge in [-0.1, -0.05) is 19.2 Å². The molecule has 0 amide bonds. The second-order valence-electron chi connectivity index (χ2n) is 11.1. The Morgan fingerprint density at radius 1 is 0.786 bits per heavy atom. The Morgan fingerprint density at radius 3 is 1.89 bits per heavy atom. The van der Waals surface area contributed by atoms with Crippen molar-refractivity contribution in [2.24, 2.45) is 10.2 Å². The number of aromatic nitrogens is 4. The van der Waals surface area contributed by atoms with Crippen molar-refractivity contribution in [1.29, 1.82) is 5.26 Å². The van der Waals surface area contributed by atoms with Gasteiger partial charge in [-0.25, -0.2) is 21.8 Å². The van der Waals surface area contributed by atoms with E-state index in [1.165, 1.54) is 25.1 Å². The van der Waals surface area contributed by atoms with Crippen LogP contribution in [0.25, 0.3) is 0 Å². The second kappa shape index (κ2) is 17.5. The van der Waals surface area contributed by atoms with Crippen molar-refractivity contribution in [1.82, 2.24) is 19.9 Å². The van der Waals surface area contributed by atoms with Gasteiger partial charge < -0.3 is 21.3 Å². The van der Waals surface area contributed by atoms with Crippen LogP contribution in [0, 0.1) is 18.3 Å². The number of nitriles is 1. The number of azo groups is 1. The van der Waals surface area contributed by atoms with Crippen LogP contribution in [-0.2, 0) is 39.9 Å². The molecule has 0 radical (unpaired) electrons. The molecule has 0 atom stereocenters. The Bertz CT molecular complexity index is 2730. The largest absolute Gasteiger partial charge is 0.368 e. The lowest BCUT2D eigenvalue weighted by Gasteiger charge is -2.15. The van der Waals surface area contributed by atoms with E-state index in [-0.39, 0.29) is 70.1 Å². The maximum Gasteiger partial charge on any atom is 0.296 e. The molecule has 0 bridgehead atoms. The third-order valence-electron chi connectivity index (χ3n) is 7.14. The molecule has 2 heterocycles. The first-order valence-electron chi connectivity index (χ1n) is 15.3. The molecule has 2 aromatic carbocycles. The van der Waals surface area contributed by atoms with Crippen molar-refractivity contribution in [3.05, 3.63) is 82.8 Å². The third kappa shape index (κ3) is 11.7. The van der Waals surface area contributed by atoms with Crippen LogP contribution in [0.2, 0.25) is 5.28 Å². The topological polar surface area (TPSA) is 325 Å². The average Bonchev–Trinajstić information content (AvgIpc) is 3.10. The minimum absolute atomic E-state index is 0.0718. The highest BCUT2D eigenvalue weighted by Gasteiger charge is 2.21. The smallest absolute Gasteiger partial charge is 0.296 e. The van der Waals surface area contributed by atoms with Gasteiger partial charge in [-0.15, -0.1) is 10.2 Å². The Balaban J connectivity index is 1.74. The van der Waals surface area contributed by atoms with E-state index in [2.05, 4.69) is 64.6 Å². The molecule has 0 fully saturated rings. The molecule has 296 valence electrons. The Labute approximate surface area is 326 Å². The predicted molar refractivity (Wildman–Crippen MR) is 207 cm³/mol. The molecule has 6 N–H and O–H groups in total. The van der Waals surface area contributed by atoms with Crippen LogP contribution in [0.5, 0.6) is 0 Å². The fourth-order valence-corrected chi connectivity index (χ4v) is 6.84. The van der Waals surface area contributed by atoms with E-state index in [0.717, 1.165) is 35.1 Å². The number of nitrogens with zero attached hydrogens (tertiary/aromatic N) is 7. The zero-order chi connectivity index (χ0) is 41.5. The molecule has 0 saturated carbocycles. The van der Waals surface area contributed by atoms with Crippen molar-refractivity contribution in [3.63, 3.8) is 0 Å². The molecule has 4 aromatic rings. The molecular formula is C30H30ClN11O10S4. The standard InChI is InChI=1S/C30H30ClN11O10S4/c1-4-53(43,44)13-11-33-26-22(17-32)18(3)25(27(37-26)34-12-14-54(45,46)5-2)42-41-23-16-20(9-10-24(23)56(50,51)52)36-30-39-28(31)38-29(40-30)35-19-7-6-8-21(15-19)55(47,48)49/h4-10,15-16H,1-2,11-14H2,3H3,(H2,33,34,37)(H,47,48,49)(H,50,51,52)(H2,35,36,38,39,40). The van der Waals surface area contributed by atoms with Crippen molar-refractivity contribution in [2.75, 3.05) is 45.9 Å². The van der Waals surface area contributed by atoms with Crippen LogP contribution in [0.15, 0.2) is 86.5 Å². The lowest BCUT2D eigenvalue weighted by atomic mass is 10.1. The summed E-state index contributed by atoms with van der Waals surface area (Å²) in [6.45, 7) is 7.50. The van der Waals surface area contributed by atoms with Crippen molar-refractivity contribution >= 4 is 97.8 Å². The number of anilines is 6. The summed E-state index contributed by atoms with van der Waals surface area (Å²) in [5.74, 6) is -1.44. The fourth-order valence-electron chi connectivity index (χ4n) is 4.44. The van der Waals surface area contributed by atoms with Crippen LogP contribution in [0.1, 0.15) is 11.1 Å².